The number of imidazole rings is 1. The summed E-state index contributed by atoms with van der Waals surface area (Å²) < 4.78 is 17.8. The summed E-state index contributed by atoms with van der Waals surface area (Å²) in [6.45, 7) is 1.36. The van der Waals surface area contributed by atoms with Crippen molar-refractivity contribution in [2.24, 2.45) is 0 Å². The number of nitrogens with one attached hydrogen (secondary N) is 1. The topological polar surface area (TPSA) is 118 Å². The summed E-state index contributed by atoms with van der Waals surface area (Å²) in [6.07, 6.45) is 1.81. The summed E-state index contributed by atoms with van der Waals surface area (Å²) in [6, 6.07) is 18.2. The normalized spacial score (nSPS) is 10.8. The van der Waals surface area contributed by atoms with Crippen molar-refractivity contribution in [3.8, 4) is 11.5 Å². The molecule has 1 heterocycles. The van der Waals surface area contributed by atoms with Gasteiger partial charge in [-0.15, -0.1) is 0 Å². The van der Waals surface area contributed by atoms with Crippen LogP contribution in [0.25, 0.3) is 11.0 Å². The number of nitro benzene ring substituents is 1. The monoisotopic (exact) mass is 490 g/mol. The molecule has 0 bridgehead atoms. The van der Waals surface area contributed by atoms with E-state index < -0.39 is 10.8 Å². The molecule has 0 atom stereocenters. The highest BCUT2D eigenvalue weighted by Crippen LogP contribution is 2.34. The molecule has 0 saturated heterocycles. The zero-order chi connectivity index (χ0) is 25.5. The first-order chi connectivity index (χ1) is 17.5. The van der Waals surface area contributed by atoms with Gasteiger partial charge in [-0.05, 0) is 23.3 Å². The molecule has 0 aliphatic rings. The van der Waals surface area contributed by atoms with Crippen molar-refractivity contribution in [3.63, 3.8) is 0 Å². The predicted molar refractivity (Wildman–Crippen MR) is 133 cm³/mol. The number of amides is 1. The van der Waals surface area contributed by atoms with Crippen LogP contribution in [0.15, 0.2) is 67.0 Å². The van der Waals surface area contributed by atoms with E-state index in [1.165, 1.54) is 26.4 Å². The van der Waals surface area contributed by atoms with Crippen LogP contribution >= 0.6 is 0 Å². The lowest BCUT2D eigenvalue weighted by Crippen LogP contribution is -2.24. The van der Waals surface area contributed by atoms with Gasteiger partial charge >= 0.3 is 0 Å². The fraction of sp³-hybridized carbons (Fsp3) is 0.231. The van der Waals surface area contributed by atoms with Crippen molar-refractivity contribution in [1.82, 2.24) is 14.9 Å². The number of benzene rings is 3. The summed E-state index contributed by atoms with van der Waals surface area (Å²) in [5.74, 6) is -0.199. The molecular formula is C26H26N4O6. The van der Waals surface area contributed by atoms with E-state index in [0.717, 1.165) is 22.2 Å². The zero-order valence-corrected chi connectivity index (χ0v) is 20.0. The number of nitrogens with zero attached hydrogens (tertiary/aromatic N) is 3. The number of nitro groups is 1. The molecule has 0 aliphatic carbocycles. The Morgan fingerprint density at radius 1 is 1.03 bits per heavy atom. The molecule has 1 amide bonds. The summed E-state index contributed by atoms with van der Waals surface area (Å²) in [5, 5.41) is 14.4. The average Bonchev–Trinajstić information content (AvgIpc) is 3.30. The van der Waals surface area contributed by atoms with Gasteiger partial charge in [0.2, 0.25) is 0 Å². The van der Waals surface area contributed by atoms with Crippen LogP contribution in [-0.2, 0) is 17.8 Å². The van der Waals surface area contributed by atoms with E-state index in [1.807, 2.05) is 54.9 Å². The van der Waals surface area contributed by atoms with Crippen LogP contribution in [0.4, 0.5) is 5.69 Å². The van der Waals surface area contributed by atoms with Crippen LogP contribution in [0.3, 0.4) is 0 Å². The molecule has 0 spiro atoms. The first-order valence-electron chi connectivity index (χ1n) is 11.2. The Hall–Kier alpha value is -4.44. The Morgan fingerprint density at radius 2 is 1.78 bits per heavy atom. The number of hydrogen-bond acceptors (Lipinski definition) is 7. The quantitative estimate of drug-likeness (QED) is 0.192. The number of aromatic nitrogens is 2. The fourth-order valence-corrected chi connectivity index (χ4v) is 3.76. The lowest BCUT2D eigenvalue weighted by atomic mass is 10.1. The van der Waals surface area contributed by atoms with E-state index in [0.29, 0.717) is 13.2 Å². The van der Waals surface area contributed by atoms with Crippen molar-refractivity contribution in [3.05, 3.63) is 93.8 Å². The summed E-state index contributed by atoms with van der Waals surface area (Å²) >= 11 is 0. The van der Waals surface area contributed by atoms with E-state index >= 15 is 0 Å². The third kappa shape index (κ3) is 5.61. The molecule has 4 aromatic rings. The molecule has 3 aromatic carbocycles. The van der Waals surface area contributed by atoms with E-state index in [-0.39, 0.29) is 35.9 Å². The van der Waals surface area contributed by atoms with E-state index in [4.69, 9.17) is 14.2 Å². The highest BCUT2D eigenvalue weighted by molar-refractivity contribution is 5.99. The molecule has 186 valence electrons. The molecule has 4 rings (SSSR count). The largest absolute Gasteiger partial charge is 0.493 e. The van der Waals surface area contributed by atoms with Gasteiger partial charge < -0.3 is 24.1 Å². The molecule has 36 heavy (non-hydrogen) atoms. The zero-order valence-electron chi connectivity index (χ0n) is 20.0. The van der Waals surface area contributed by atoms with Crippen LogP contribution in [-0.4, -0.2) is 47.8 Å². The Balaban J connectivity index is 1.43. The molecule has 0 unspecified atom stereocenters. The molecule has 10 nitrogen and oxygen atoms in total. The number of ether oxygens (including phenoxy) is 3. The highest BCUT2D eigenvalue weighted by atomic mass is 16.6. The van der Waals surface area contributed by atoms with Gasteiger partial charge in [0, 0.05) is 26.3 Å². The van der Waals surface area contributed by atoms with Gasteiger partial charge in [-0.25, -0.2) is 4.98 Å². The van der Waals surface area contributed by atoms with Crippen LogP contribution in [0.1, 0.15) is 21.5 Å². The molecule has 10 heteroatoms. The molecule has 0 fully saturated rings. The Morgan fingerprint density at radius 3 is 2.50 bits per heavy atom. The number of para-hydroxylation sites is 2. The van der Waals surface area contributed by atoms with Gasteiger partial charge in [-0.3, -0.25) is 14.9 Å². The molecular weight excluding hydrogens is 464 g/mol. The second kappa shape index (κ2) is 11.3. The maximum Gasteiger partial charge on any atom is 0.286 e. The molecule has 1 N–H and O–H groups in total. The number of rotatable bonds is 11. The second-order valence-corrected chi connectivity index (χ2v) is 7.98. The minimum Gasteiger partial charge on any atom is -0.493 e. The van der Waals surface area contributed by atoms with Gasteiger partial charge in [-0.1, -0.05) is 36.4 Å². The van der Waals surface area contributed by atoms with Gasteiger partial charge in [0.05, 0.1) is 42.1 Å². The SMILES string of the molecule is COCCOc1cc([N+](=O)[O-])c(C(=O)NCc2ccc(Cn3cnc4ccccc43)cc2)cc1OC. The van der Waals surface area contributed by atoms with Crippen LogP contribution in [0, 0.1) is 10.1 Å². The number of fused-ring (bicyclic) bond motifs is 1. The lowest BCUT2D eigenvalue weighted by Gasteiger charge is -2.13. The molecule has 0 radical (unpaired) electrons. The molecule has 1 aromatic heterocycles. The third-order valence-electron chi connectivity index (χ3n) is 5.62. The number of carbonyl (C=O) groups is 1. The molecule has 0 aliphatic heterocycles. The van der Waals surface area contributed by atoms with Gasteiger partial charge in [0.1, 0.15) is 12.2 Å². The van der Waals surface area contributed by atoms with E-state index in [2.05, 4.69) is 14.9 Å². The second-order valence-electron chi connectivity index (χ2n) is 7.98. The Kier molecular flexibility index (Phi) is 7.76. The van der Waals surface area contributed by atoms with Crippen LogP contribution in [0.5, 0.6) is 11.5 Å². The van der Waals surface area contributed by atoms with Gasteiger partial charge in [0.25, 0.3) is 11.6 Å². The Bertz CT molecular complexity index is 1370. The van der Waals surface area contributed by atoms with Crippen LogP contribution < -0.4 is 14.8 Å². The number of methoxy groups -OCH3 is 2. The van der Waals surface area contributed by atoms with E-state index in [9.17, 15) is 14.9 Å². The molecule has 0 saturated carbocycles. The first kappa shape index (κ1) is 24.7. The lowest BCUT2D eigenvalue weighted by molar-refractivity contribution is -0.385. The fourth-order valence-electron chi connectivity index (χ4n) is 3.76. The Labute approximate surface area is 207 Å². The van der Waals surface area contributed by atoms with Crippen molar-refractivity contribution >= 4 is 22.6 Å². The average molecular weight is 491 g/mol. The first-order valence-corrected chi connectivity index (χ1v) is 11.2. The summed E-state index contributed by atoms with van der Waals surface area (Å²) in [7, 11) is 2.92. The maximum absolute atomic E-state index is 12.8. The minimum absolute atomic E-state index is 0.112. The minimum atomic E-state index is -0.619. The third-order valence-corrected chi connectivity index (χ3v) is 5.62. The number of carbonyl (C=O) groups excluding carboxylic acids is 1. The number of hydrogen-bond donors (Lipinski definition) is 1. The highest BCUT2D eigenvalue weighted by Gasteiger charge is 2.24. The summed E-state index contributed by atoms with van der Waals surface area (Å²) in [5.41, 5.74) is 3.45. The standard InChI is InChI=1S/C26H26N4O6/c1-34-11-12-36-25-14-23(30(32)33)20(13-24(25)35-2)26(31)27-15-18-7-9-19(10-8-18)16-29-17-28-21-5-3-4-6-22(21)29/h3-10,13-14,17H,11-12,15-16H2,1-2H3,(H,27,31). The van der Waals surface area contributed by atoms with E-state index in [1.54, 1.807) is 0 Å². The van der Waals surface area contributed by atoms with Crippen LogP contribution in [0.2, 0.25) is 0 Å². The van der Waals surface area contributed by atoms with Crippen molar-refractivity contribution in [2.45, 2.75) is 13.1 Å². The maximum atomic E-state index is 12.8. The van der Waals surface area contributed by atoms with Gasteiger partial charge in [0.15, 0.2) is 11.5 Å². The van der Waals surface area contributed by atoms with Crippen molar-refractivity contribution in [1.29, 1.82) is 0 Å². The van der Waals surface area contributed by atoms with Gasteiger partial charge in [-0.2, -0.15) is 0 Å². The van der Waals surface area contributed by atoms with Crippen molar-refractivity contribution < 1.29 is 23.9 Å². The summed E-state index contributed by atoms with van der Waals surface area (Å²) in [4.78, 5) is 28.3. The smallest absolute Gasteiger partial charge is 0.286 e. The van der Waals surface area contributed by atoms with Crippen molar-refractivity contribution in [2.75, 3.05) is 27.4 Å². The predicted octanol–water partition coefficient (Wildman–Crippen LogP) is 3.96.